The zero-order chi connectivity index (χ0) is 42.6. The fraction of sp³-hybridized carbons (Fsp3) is 0. The van der Waals surface area contributed by atoms with E-state index in [0.717, 1.165) is 65.3 Å². The second-order valence-electron chi connectivity index (χ2n) is 13.8. The van der Waals surface area contributed by atoms with Gasteiger partial charge in [0, 0.05) is 0 Å². The van der Waals surface area contributed by atoms with E-state index in [4.69, 9.17) is 5.48 Å². The molecular weight excluding hydrogens is 649 g/mol. The molecule has 54 heavy (non-hydrogen) atoms. The van der Waals surface area contributed by atoms with Crippen LogP contribution in [0.1, 0.15) is 11.0 Å². The predicted octanol–water partition coefficient (Wildman–Crippen LogP) is 15.3. The Labute approximate surface area is 325 Å². The maximum absolute atomic E-state index is 9.42. The minimum Gasteiger partial charge on any atom is -0.0616 e. The molecule has 0 N–H and O–H groups in total. The van der Waals surface area contributed by atoms with Crippen molar-refractivity contribution in [1.82, 2.24) is 0 Å². The lowest BCUT2D eigenvalue weighted by Crippen LogP contribution is -1.91. The van der Waals surface area contributed by atoms with Gasteiger partial charge in [-0.1, -0.05) is 194 Å². The monoisotopic (exact) mass is 690 g/mol. The Morgan fingerprint density at radius 3 is 1.26 bits per heavy atom. The van der Waals surface area contributed by atoms with Gasteiger partial charge in [-0.2, -0.15) is 0 Å². The molecule has 0 spiro atoms. The normalized spacial score (nSPS) is 13.8. The van der Waals surface area contributed by atoms with Crippen molar-refractivity contribution >= 4 is 64.6 Å². The van der Waals surface area contributed by atoms with Crippen LogP contribution in [0.15, 0.2) is 206 Å². The van der Waals surface area contributed by atoms with Crippen molar-refractivity contribution in [3.05, 3.63) is 206 Å². The zero-order valence-electron chi connectivity index (χ0n) is 37.0. The molecule has 0 fully saturated rings. The first-order valence-corrected chi connectivity index (χ1v) is 18.1. The largest absolute Gasteiger partial charge is 0.0629 e. The van der Waals surface area contributed by atoms with Crippen molar-refractivity contribution in [2.75, 3.05) is 0 Å². The summed E-state index contributed by atoms with van der Waals surface area (Å²) in [7, 11) is 0. The summed E-state index contributed by atoms with van der Waals surface area (Å²) >= 11 is 0. The highest BCUT2D eigenvalue weighted by atomic mass is 14.2. The van der Waals surface area contributed by atoms with Gasteiger partial charge in [0.05, 0.1) is 11.0 Å². The van der Waals surface area contributed by atoms with Crippen molar-refractivity contribution in [2.24, 2.45) is 0 Å². The molecule has 250 valence electrons. The average molecular weight is 691 g/mol. The van der Waals surface area contributed by atoms with Crippen LogP contribution < -0.4 is 0 Å². The Bertz CT molecular complexity index is 3630. The average Bonchev–Trinajstić information content (AvgIpc) is 3.32. The van der Waals surface area contributed by atoms with Crippen LogP contribution in [0, 0.1) is 0 Å². The first kappa shape index (κ1) is 23.5. The van der Waals surface area contributed by atoms with Crippen molar-refractivity contribution < 1.29 is 11.0 Å². The molecule has 0 bridgehead atoms. The van der Waals surface area contributed by atoms with E-state index in [1.54, 1.807) is 0 Å². The number of rotatable bonds is 4. The molecule has 0 heteroatoms. The molecule has 0 nitrogen and oxygen atoms in total. The van der Waals surface area contributed by atoms with Gasteiger partial charge in [0.25, 0.3) is 0 Å². The van der Waals surface area contributed by atoms with Crippen LogP contribution >= 0.6 is 0 Å². The lowest BCUT2D eigenvalue weighted by atomic mass is 9.85. The summed E-state index contributed by atoms with van der Waals surface area (Å²) in [6.45, 7) is 0. The van der Waals surface area contributed by atoms with E-state index < -0.39 is 24.2 Å². The number of fused-ring (bicyclic) bond motifs is 7. The van der Waals surface area contributed by atoms with E-state index in [0.29, 0.717) is 22.3 Å². The fourth-order valence-electron chi connectivity index (χ4n) is 8.34. The molecule has 0 atom stereocenters. The number of hydrogen-bond acceptors (Lipinski definition) is 0. The van der Waals surface area contributed by atoms with Crippen LogP contribution in [0.25, 0.3) is 109 Å². The van der Waals surface area contributed by atoms with Crippen LogP contribution in [-0.4, -0.2) is 0 Å². The van der Waals surface area contributed by atoms with Crippen LogP contribution in [0.3, 0.4) is 0 Å². The Hall–Kier alpha value is -7.02. The molecule has 0 aliphatic heterocycles. The molecule has 0 amide bonds. The third kappa shape index (κ3) is 4.85. The summed E-state index contributed by atoms with van der Waals surface area (Å²) < 4.78 is 73.1. The maximum atomic E-state index is 9.42. The van der Waals surface area contributed by atoms with Crippen molar-refractivity contribution in [3.63, 3.8) is 0 Å². The summed E-state index contributed by atoms with van der Waals surface area (Å²) in [6.07, 6.45) is 0. The fourth-order valence-corrected chi connectivity index (χ4v) is 8.34. The second-order valence-corrected chi connectivity index (χ2v) is 13.8. The van der Waals surface area contributed by atoms with Gasteiger partial charge in [0.1, 0.15) is 0 Å². The SMILES string of the molecule is [2H]c1c([2H])c([2H])c2c(-c3ccc(-c4c5ccccc5cc5c4ccc4ccccc45)cc3)c3c([2H])c([2H])c([2H])c([2H])c3c(-c3ccc(-c4ccc5ccccc5c4)cc3)c2c1[2H]. The minimum atomic E-state index is -0.424. The minimum absolute atomic E-state index is 0.192. The maximum Gasteiger partial charge on any atom is 0.0629 e. The molecule has 0 aromatic heterocycles. The molecule has 0 radical (unpaired) electrons. The van der Waals surface area contributed by atoms with E-state index >= 15 is 0 Å². The quantitative estimate of drug-likeness (QED) is 0.127. The lowest BCUT2D eigenvalue weighted by molar-refractivity contribution is 1.62. The molecule has 0 unspecified atom stereocenters. The van der Waals surface area contributed by atoms with Gasteiger partial charge in [-0.25, -0.2) is 0 Å². The lowest BCUT2D eigenvalue weighted by Gasteiger charge is -2.18. The van der Waals surface area contributed by atoms with Gasteiger partial charge in [0.2, 0.25) is 0 Å². The van der Waals surface area contributed by atoms with Gasteiger partial charge < -0.3 is 0 Å². The third-order valence-electron chi connectivity index (χ3n) is 10.9. The Kier molecular flexibility index (Phi) is 5.36. The Balaban J connectivity index is 1.18. The standard InChI is InChI=1S/C54H34/c1-2-13-41-33-42(30-23-35(41)11-1)36-21-24-39(25-22-36)53-46-17-7-9-19-48(46)54(49-20-10-8-18-47(49)53)40-28-26-38(27-29-40)52-45-16-6-4-14-43(45)34-51-44-15-5-3-12-37(44)31-32-50(51)52/h1-34H/i7D,8D,9D,10D,17D,18D,19D,20D. The number of benzene rings is 11. The highest BCUT2D eigenvalue weighted by Gasteiger charge is 2.18. The van der Waals surface area contributed by atoms with E-state index in [1.807, 2.05) is 78.9 Å². The van der Waals surface area contributed by atoms with E-state index in [-0.39, 0.29) is 45.7 Å². The molecular formula is C54H34. The van der Waals surface area contributed by atoms with Gasteiger partial charge in [-0.3, -0.25) is 0 Å². The topological polar surface area (TPSA) is 0 Å². The molecule has 11 aromatic rings. The Morgan fingerprint density at radius 2 is 0.667 bits per heavy atom. The first-order chi connectivity index (χ1) is 30.1. The second kappa shape index (κ2) is 12.3. The molecule has 0 saturated heterocycles. The van der Waals surface area contributed by atoms with Gasteiger partial charge in [-0.15, -0.1) is 0 Å². The summed E-state index contributed by atoms with van der Waals surface area (Å²) in [4.78, 5) is 0. The van der Waals surface area contributed by atoms with Crippen molar-refractivity contribution in [1.29, 1.82) is 0 Å². The van der Waals surface area contributed by atoms with Crippen LogP contribution in [-0.2, 0) is 0 Å². The predicted molar refractivity (Wildman–Crippen MR) is 233 cm³/mol. The molecule has 0 saturated carbocycles. The molecule has 0 aliphatic carbocycles. The van der Waals surface area contributed by atoms with Gasteiger partial charge in [-0.05, 0) is 121 Å². The summed E-state index contributed by atoms with van der Waals surface area (Å²) in [5.74, 6) is 0. The summed E-state index contributed by atoms with van der Waals surface area (Å²) in [5.41, 5.74) is 5.70. The Morgan fingerprint density at radius 1 is 0.241 bits per heavy atom. The number of hydrogen-bond donors (Lipinski definition) is 0. The summed E-state index contributed by atoms with van der Waals surface area (Å²) in [5, 5.41) is 9.69. The highest BCUT2D eigenvalue weighted by Crippen LogP contribution is 2.45. The van der Waals surface area contributed by atoms with Gasteiger partial charge >= 0.3 is 0 Å². The third-order valence-corrected chi connectivity index (χ3v) is 10.9. The van der Waals surface area contributed by atoms with Gasteiger partial charge in [0.15, 0.2) is 0 Å². The van der Waals surface area contributed by atoms with Crippen LogP contribution in [0.2, 0.25) is 0 Å². The molecule has 0 heterocycles. The van der Waals surface area contributed by atoms with E-state index in [2.05, 4.69) is 78.9 Å². The van der Waals surface area contributed by atoms with Crippen molar-refractivity contribution in [3.8, 4) is 44.5 Å². The molecule has 11 aromatic carbocycles. The molecule has 0 aliphatic rings. The zero-order valence-corrected chi connectivity index (χ0v) is 29.0. The molecule has 11 rings (SSSR count). The van der Waals surface area contributed by atoms with E-state index in [9.17, 15) is 5.48 Å². The van der Waals surface area contributed by atoms with Crippen LogP contribution in [0.5, 0.6) is 0 Å². The summed E-state index contributed by atoms with van der Waals surface area (Å²) in [6, 6.07) is 50.2. The first-order valence-electron chi connectivity index (χ1n) is 22.1. The smallest absolute Gasteiger partial charge is 0.0616 e. The highest BCUT2D eigenvalue weighted by molar-refractivity contribution is 6.22. The van der Waals surface area contributed by atoms with E-state index in [1.165, 1.54) is 0 Å². The van der Waals surface area contributed by atoms with Crippen molar-refractivity contribution in [2.45, 2.75) is 0 Å². The van der Waals surface area contributed by atoms with Crippen LogP contribution in [0.4, 0.5) is 0 Å².